The third kappa shape index (κ3) is 2.99. The predicted molar refractivity (Wildman–Crippen MR) is 92.3 cm³/mol. The second-order valence-corrected chi connectivity index (χ2v) is 6.75. The highest BCUT2D eigenvalue weighted by Crippen LogP contribution is 2.32. The summed E-state index contributed by atoms with van der Waals surface area (Å²) < 4.78 is 7.23. The van der Waals surface area contributed by atoms with Gasteiger partial charge in [0.15, 0.2) is 0 Å². The fraction of sp³-hybridized carbons (Fsp3) is 0.353. The summed E-state index contributed by atoms with van der Waals surface area (Å²) in [4.78, 5) is 15.3. The van der Waals surface area contributed by atoms with Crippen molar-refractivity contribution in [3.05, 3.63) is 41.7 Å². The van der Waals surface area contributed by atoms with Crippen LogP contribution in [0.1, 0.15) is 18.4 Å². The van der Waals surface area contributed by atoms with E-state index in [9.17, 15) is 0 Å². The van der Waals surface area contributed by atoms with Gasteiger partial charge in [-0.05, 0) is 42.8 Å². The Hall–Kier alpha value is -2.21. The van der Waals surface area contributed by atoms with Gasteiger partial charge in [-0.2, -0.15) is 0 Å². The molecule has 1 aliphatic heterocycles. The molecule has 0 amide bonds. The van der Waals surface area contributed by atoms with Gasteiger partial charge in [0, 0.05) is 25.1 Å². The van der Waals surface area contributed by atoms with Gasteiger partial charge >= 0.3 is 6.01 Å². The van der Waals surface area contributed by atoms with Crippen LogP contribution in [0.5, 0.6) is 6.01 Å². The van der Waals surface area contributed by atoms with E-state index in [0.717, 1.165) is 37.0 Å². The maximum Gasteiger partial charge on any atom is 0.316 e. The van der Waals surface area contributed by atoms with Crippen LogP contribution in [0.4, 0.5) is 5.69 Å². The highest BCUT2D eigenvalue weighted by molar-refractivity contribution is 7.17. The van der Waals surface area contributed by atoms with Crippen molar-refractivity contribution in [2.75, 3.05) is 18.0 Å². The SMILES string of the molecule is Cc1cnc(OC2CCCN(c3ccnc4ccsc34)C2)nc1. The smallest absolute Gasteiger partial charge is 0.316 e. The first-order chi connectivity index (χ1) is 11.3. The van der Waals surface area contributed by atoms with Gasteiger partial charge in [-0.25, -0.2) is 9.97 Å². The number of anilines is 1. The number of ether oxygens (including phenoxy) is 1. The minimum absolute atomic E-state index is 0.120. The fourth-order valence-electron chi connectivity index (χ4n) is 2.95. The van der Waals surface area contributed by atoms with Crippen molar-refractivity contribution in [3.8, 4) is 6.01 Å². The first kappa shape index (κ1) is 14.4. The first-order valence-electron chi connectivity index (χ1n) is 7.82. The third-order valence-corrected chi connectivity index (χ3v) is 5.00. The molecular weight excluding hydrogens is 308 g/mol. The van der Waals surface area contributed by atoms with Crippen LogP contribution in [0.2, 0.25) is 0 Å². The van der Waals surface area contributed by atoms with Gasteiger partial charge in [0.2, 0.25) is 0 Å². The van der Waals surface area contributed by atoms with Crippen molar-refractivity contribution in [2.24, 2.45) is 0 Å². The summed E-state index contributed by atoms with van der Waals surface area (Å²) >= 11 is 1.74. The number of aromatic nitrogens is 3. The number of pyridine rings is 1. The summed E-state index contributed by atoms with van der Waals surface area (Å²) in [5.41, 5.74) is 3.36. The molecule has 0 spiro atoms. The molecule has 1 atom stereocenters. The number of hydrogen-bond donors (Lipinski definition) is 0. The minimum Gasteiger partial charge on any atom is -0.458 e. The van der Waals surface area contributed by atoms with Crippen molar-refractivity contribution in [3.63, 3.8) is 0 Å². The van der Waals surface area contributed by atoms with E-state index in [0.29, 0.717) is 6.01 Å². The zero-order chi connectivity index (χ0) is 15.6. The summed E-state index contributed by atoms with van der Waals surface area (Å²) in [7, 11) is 0. The molecule has 1 fully saturated rings. The Labute approximate surface area is 139 Å². The Morgan fingerprint density at radius 1 is 1.22 bits per heavy atom. The second-order valence-electron chi connectivity index (χ2n) is 5.84. The average Bonchev–Trinajstić information content (AvgIpc) is 3.06. The molecular formula is C17H18N4OS. The predicted octanol–water partition coefficient (Wildman–Crippen LogP) is 3.44. The van der Waals surface area contributed by atoms with E-state index in [-0.39, 0.29) is 6.10 Å². The van der Waals surface area contributed by atoms with Gasteiger partial charge in [0.1, 0.15) is 6.10 Å². The summed E-state index contributed by atoms with van der Waals surface area (Å²) in [6.07, 6.45) is 7.73. The Morgan fingerprint density at radius 3 is 2.96 bits per heavy atom. The number of rotatable bonds is 3. The van der Waals surface area contributed by atoms with Gasteiger partial charge in [-0.1, -0.05) is 0 Å². The van der Waals surface area contributed by atoms with Gasteiger partial charge in [0.05, 0.1) is 22.4 Å². The lowest BCUT2D eigenvalue weighted by atomic mass is 10.1. The zero-order valence-corrected chi connectivity index (χ0v) is 13.8. The van der Waals surface area contributed by atoms with Crippen molar-refractivity contribution < 1.29 is 4.74 Å². The Kier molecular flexibility index (Phi) is 3.83. The van der Waals surface area contributed by atoms with Crippen LogP contribution in [0.15, 0.2) is 36.1 Å². The van der Waals surface area contributed by atoms with E-state index in [1.165, 1.54) is 10.4 Å². The van der Waals surface area contributed by atoms with Gasteiger partial charge in [0.25, 0.3) is 0 Å². The molecule has 4 rings (SSSR count). The molecule has 0 saturated carbocycles. The second kappa shape index (κ2) is 6.12. The Bertz CT molecular complexity index is 802. The maximum absolute atomic E-state index is 5.98. The van der Waals surface area contributed by atoms with Crippen LogP contribution < -0.4 is 9.64 Å². The standard InChI is InChI=1S/C17H18N4OS/c1-12-9-19-17(20-10-12)22-13-3-2-7-21(11-13)15-4-6-18-14-5-8-23-16(14)15/h4-6,8-10,13H,2-3,7,11H2,1H3. The molecule has 0 aliphatic carbocycles. The van der Waals surface area contributed by atoms with E-state index < -0.39 is 0 Å². The summed E-state index contributed by atoms with van der Waals surface area (Å²) in [5, 5.41) is 2.10. The van der Waals surface area contributed by atoms with Gasteiger partial charge < -0.3 is 9.64 Å². The largest absolute Gasteiger partial charge is 0.458 e. The number of piperidine rings is 1. The molecule has 1 unspecified atom stereocenters. The maximum atomic E-state index is 5.98. The lowest BCUT2D eigenvalue weighted by molar-refractivity contribution is 0.164. The quantitative estimate of drug-likeness (QED) is 0.738. The molecule has 1 saturated heterocycles. The average molecular weight is 326 g/mol. The number of hydrogen-bond acceptors (Lipinski definition) is 6. The van der Waals surface area contributed by atoms with Crippen LogP contribution in [0, 0.1) is 6.92 Å². The zero-order valence-electron chi connectivity index (χ0n) is 13.0. The molecule has 23 heavy (non-hydrogen) atoms. The van der Waals surface area contributed by atoms with Crippen molar-refractivity contribution >= 4 is 27.2 Å². The van der Waals surface area contributed by atoms with Gasteiger partial charge in [-0.3, -0.25) is 4.98 Å². The summed E-state index contributed by atoms with van der Waals surface area (Å²) in [6, 6.07) is 4.64. The molecule has 0 radical (unpaired) electrons. The van der Waals surface area contributed by atoms with E-state index in [4.69, 9.17) is 4.74 Å². The van der Waals surface area contributed by atoms with Crippen LogP contribution >= 0.6 is 11.3 Å². The topological polar surface area (TPSA) is 51.1 Å². The molecule has 3 aromatic heterocycles. The summed E-state index contributed by atoms with van der Waals surface area (Å²) in [6.45, 7) is 3.88. The normalized spacial score (nSPS) is 18.3. The van der Waals surface area contributed by atoms with Crippen LogP contribution in [0.25, 0.3) is 10.2 Å². The van der Waals surface area contributed by atoms with E-state index in [1.807, 2.05) is 13.1 Å². The Balaban J connectivity index is 1.53. The fourth-order valence-corrected chi connectivity index (χ4v) is 3.84. The van der Waals surface area contributed by atoms with Crippen molar-refractivity contribution in [1.82, 2.24) is 15.0 Å². The molecule has 6 heteroatoms. The number of thiophene rings is 1. The lowest BCUT2D eigenvalue weighted by Gasteiger charge is -2.34. The minimum atomic E-state index is 0.120. The molecule has 1 aliphatic rings. The third-order valence-electron chi connectivity index (χ3n) is 4.07. The number of aryl methyl sites for hydroxylation is 1. The van der Waals surface area contributed by atoms with Crippen LogP contribution in [-0.2, 0) is 0 Å². The molecule has 118 valence electrons. The first-order valence-corrected chi connectivity index (χ1v) is 8.70. The van der Waals surface area contributed by atoms with Gasteiger partial charge in [-0.15, -0.1) is 11.3 Å². The Morgan fingerprint density at radius 2 is 2.09 bits per heavy atom. The molecule has 0 aromatic carbocycles. The lowest BCUT2D eigenvalue weighted by Crippen LogP contribution is -2.41. The van der Waals surface area contributed by atoms with E-state index >= 15 is 0 Å². The number of fused-ring (bicyclic) bond motifs is 1. The van der Waals surface area contributed by atoms with E-state index in [2.05, 4.69) is 37.4 Å². The summed E-state index contributed by atoms with van der Waals surface area (Å²) in [5.74, 6) is 0. The highest BCUT2D eigenvalue weighted by Gasteiger charge is 2.23. The number of nitrogens with zero attached hydrogens (tertiary/aromatic N) is 4. The van der Waals surface area contributed by atoms with Crippen molar-refractivity contribution in [2.45, 2.75) is 25.9 Å². The molecule has 0 bridgehead atoms. The van der Waals surface area contributed by atoms with Crippen LogP contribution in [-0.4, -0.2) is 34.1 Å². The van der Waals surface area contributed by atoms with E-state index in [1.54, 1.807) is 23.7 Å². The molecule has 0 N–H and O–H groups in total. The molecule has 4 heterocycles. The van der Waals surface area contributed by atoms with Crippen molar-refractivity contribution in [1.29, 1.82) is 0 Å². The monoisotopic (exact) mass is 326 g/mol. The molecule has 5 nitrogen and oxygen atoms in total. The highest BCUT2D eigenvalue weighted by atomic mass is 32.1. The molecule has 3 aromatic rings. The van der Waals surface area contributed by atoms with Crippen LogP contribution in [0.3, 0.4) is 0 Å².